The molecule has 8 heteroatoms. The molecule has 0 saturated heterocycles. The summed E-state index contributed by atoms with van der Waals surface area (Å²) in [7, 11) is 3.26. The Balaban J connectivity index is 1.91. The Bertz CT molecular complexity index is 581. The summed E-state index contributed by atoms with van der Waals surface area (Å²) in [4.78, 5) is 14.5. The summed E-state index contributed by atoms with van der Waals surface area (Å²) < 4.78 is 14.1. The quantitative estimate of drug-likeness (QED) is 0.916. The van der Waals surface area contributed by atoms with Crippen molar-refractivity contribution in [2.75, 3.05) is 19.5 Å². The Labute approximate surface area is 120 Å². The Morgan fingerprint density at radius 2 is 2.35 bits per heavy atom. The highest BCUT2D eigenvalue weighted by atomic mass is 32.1. The Kier molecular flexibility index (Phi) is 4.57. The van der Waals surface area contributed by atoms with Gasteiger partial charge in [-0.3, -0.25) is 5.32 Å². The number of aryl methyl sites for hydroxylation is 1. The van der Waals surface area contributed by atoms with E-state index < -0.39 is 0 Å². The summed E-state index contributed by atoms with van der Waals surface area (Å²) in [5.41, 5.74) is 0. The van der Waals surface area contributed by atoms with Gasteiger partial charge in [0.05, 0.1) is 13.7 Å². The van der Waals surface area contributed by atoms with Crippen LogP contribution in [0, 0.1) is 0 Å². The molecule has 2 rings (SSSR count). The third-order valence-electron chi connectivity index (χ3n) is 2.63. The fraction of sp³-hybridized carbons (Fsp3) is 0.417. The summed E-state index contributed by atoms with van der Waals surface area (Å²) in [6.07, 6.45) is 0.735. The van der Waals surface area contributed by atoms with Gasteiger partial charge in [-0.15, -0.1) is 0 Å². The zero-order valence-electron chi connectivity index (χ0n) is 11.5. The number of urea groups is 1. The molecule has 0 atom stereocenters. The molecule has 0 radical (unpaired) electrons. The molecule has 2 heterocycles. The first-order valence-corrected chi connectivity index (χ1v) is 6.87. The van der Waals surface area contributed by atoms with Crippen molar-refractivity contribution in [3.05, 3.63) is 22.8 Å². The third-order valence-corrected chi connectivity index (χ3v) is 3.38. The summed E-state index contributed by atoms with van der Waals surface area (Å²) >= 11 is 1.30. The molecule has 0 fully saturated rings. The second-order valence-electron chi connectivity index (χ2n) is 4.15. The molecule has 0 saturated carbocycles. The maximum atomic E-state index is 12.0. The van der Waals surface area contributed by atoms with E-state index in [1.54, 1.807) is 26.3 Å². The van der Waals surface area contributed by atoms with Crippen LogP contribution in [-0.4, -0.2) is 34.6 Å². The summed E-state index contributed by atoms with van der Waals surface area (Å²) in [6.45, 7) is 2.40. The molecule has 108 valence electrons. The van der Waals surface area contributed by atoms with E-state index in [1.165, 1.54) is 16.4 Å². The van der Waals surface area contributed by atoms with Gasteiger partial charge in [0.1, 0.15) is 5.76 Å². The lowest BCUT2D eigenvalue weighted by molar-refractivity contribution is 0.221. The zero-order chi connectivity index (χ0) is 14.5. The molecular weight excluding hydrogens is 280 g/mol. The van der Waals surface area contributed by atoms with Crippen molar-refractivity contribution < 1.29 is 14.1 Å². The van der Waals surface area contributed by atoms with Gasteiger partial charge in [0, 0.05) is 30.5 Å². The second-order valence-corrected chi connectivity index (χ2v) is 5.04. The van der Waals surface area contributed by atoms with Gasteiger partial charge in [-0.2, -0.15) is 4.37 Å². The van der Waals surface area contributed by atoms with Crippen LogP contribution in [0.3, 0.4) is 0 Å². The van der Waals surface area contributed by atoms with E-state index in [0.717, 1.165) is 17.1 Å². The summed E-state index contributed by atoms with van der Waals surface area (Å²) in [5, 5.41) is 6.44. The maximum absolute atomic E-state index is 12.0. The minimum absolute atomic E-state index is 0.256. The normalized spacial score (nSPS) is 10.3. The van der Waals surface area contributed by atoms with Crippen molar-refractivity contribution in [2.45, 2.75) is 19.9 Å². The highest BCUT2D eigenvalue weighted by Gasteiger charge is 2.13. The lowest BCUT2D eigenvalue weighted by Crippen LogP contribution is -2.30. The molecule has 0 aromatic carbocycles. The number of amides is 2. The average Bonchev–Trinajstić information content (AvgIpc) is 3.07. The molecule has 0 unspecified atom stereocenters. The molecule has 0 spiro atoms. The minimum Gasteiger partial charge on any atom is -0.480 e. The van der Waals surface area contributed by atoms with Crippen LogP contribution in [0.4, 0.5) is 10.6 Å². The van der Waals surface area contributed by atoms with E-state index in [-0.39, 0.29) is 6.03 Å². The first kappa shape index (κ1) is 14.3. The predicted octanol–water partition coefficient (Wildman–Crippen LogP) is 2.37. The average molecular weight is 296 g/mol. The number of nitrogens with zero attached hydrogens (tertiary/aromatic N) is 3. The van der Waals surface area contributed by atoms with Crippen molar-refractivity contribution in [1.82, 2.24) is 14.4 Å². The molecule has 0 aliphatic heterocycles. The van der Waals surface area contributed by atoms with Gasteiger partial charge in [-0.25, -0.2) is 4.79 Å². The van der Waals surface area contributed by atoms with Crippen LogP contribution in [0.2, 0.25) is 0 Å². The zero-order valence-corrected chi connectivity index (χ0v) is 12.4. The van der Waals surface area contributed by atoms with E-state index in [2.05, 4.69) is 14.8 Å². The SMILES string of the molecule is CCc1cc(NC(=O)N(C)Cc2cc(OC)ns2)no1. The number of carbonyl (C=O) groups excluding carboxylic acids is 1. The standard InChI is InChI=1S/C12H16N4O3S/c1-4-8-5-10(14-19-8)13-12(17)16(2)7-9-6-11(18-3)15-20-9/h5-6H,4,7H2,1-3H3,(H,13,14,17). The van der Waals surface area contributed by atoms with Crippen LogP contribution in [0.25, 0.3) is 0 Å². The molecule has 0 aliphatic rings. The van der Waals surface area contributed by atoms with Gasteiger partial charge in [0.2, 0.25) is 5.88 Å². The summed E-state index contributed by atoms with van der Waals surface area (Å²) in [6, 6.07) is 3.26. The molecule has 2 aromatic heterocycles. The van der Waals surface area contributed by atoms with Crippen LogP contribution in [0.1, 0.15) is 17.6 Å². The first-order chi connectivity index (χ1) is 9.62. The molecular formula is C12H16N4O3S. The number of hydrogen-bond acceptors (Lipinski definition) is 6. The molecule has 1 N–H and O–H groups in total. The Morgan fingerprint density at radius 3 is 2.95 bits per heavy atom. The highest BCUT2D eigenvalue weighted by Crippen LogP contribution is 2.18. The van der Waals surface area contributed by atoms with Crippen molar-refractivity contribution in [2.24, 2.45) is 0 Å². The van der Waals surface area contributed by atoms with Crippen molar-refractivity contribution in [1.29, 1.82) is 0 Å². The van der Waals surface area contributed by atoms with Gasteiger partial charge >= 0.3 is 6.03 Å². The van der Waals surface area contributed by atoms with Crippen molar-refractivity contribution >= 4 is 23.4 Å². The number of hydrogen-bond donors (Lipinski definition) is 1. The largest absolute Gasteiger partial charge is 0.480 e. The molecule has 0 aliphatic carbocycles. The van der Waals surface area contributed by atoms with Gasteiger partial charge < -0.3 is 14.2 Å². The van der Waals surface area contributed by atoms with E-state index in [9.17, 15) is 4.79 Å². The van der Waals surface area contributed by atoms with Gasteiger partial charge in [-0.1, -0.05) is 12.1 Å². The monoisotopic (exact) mass is 296 g/mol. The lowest BCUT2D eigenvalue weighted by Gasteiger charge is -2.15. The van der Waals surface area contributed by atoms with Crippen LogP contribution in [0.5, 0.6) is 5.88 Å². The minimum atomic E-state index is -0.256. The molecule has 2 aromatic rings. The predicted molar refractivity (Wildman–Crippen MR) is 75.0 cm³/mol. The van der Waals surface area contributed by atoms with Gasteiger partial charge in [-0.05, 0) is 11.5 Å². The highest BCUT2D eigenvalue weighted by molar-refractivity contribution is 7.05. The van der Waals surface area contributed by atoms with E-state index >= 15 is 0 Å². The van der Waals surface area contributed by atoms with Crippen LogP contribution in [0.15, 0.2) is 16.7 Å². The lowest BCUT2D eigenvalue weighted by atomic mass is 10.3. The maximum Gasteiger partial charge on any atom is 0.323 e. The number of carbonyl (C=O) groups is 1. The number of anilines is 1. The van der Waals surface area contributed by atoms with E-state index in [1.807, 2.05) is 6.92 Å². The van der Waals surface area contributed by atoms with E-state index in [4.69, 9.17) is 9.26 Å². The van der Waals surface area contributed by atoms with Crippen molar-refractivity contribution in [3.8, 4) is 5.88 Å². The second kappa shape index (κ2) is 6.38. The number of nitrogens with one attached hydrogen (secondary N) is 1. The molecule has 0 bridgehead atoms. The fourth-order valence-electron chi connectivity index (χ4n) is 1.51. The van der Waals surface area contributed by atoms with Crippen LogP contribution >= 0.6 is 11.5 Å². The number of rotatable bonds is 5. The smallest absolute Gasteiger partial charge is 0.323 e. The Hall–Kier alpha value is -2.09. The number of methoxy groups -OCH3 is 1. The topological polar surface area (TPSA) is 80.5 Å². The Morgan fingerprint density at radius 1 is 1.55 bits per heavy atom. The fourth-order valence-corrected chi connectivity index (χ4v) is 2.25. The first-order valence-electron chi connectivity index (χ1n) is 6.09. The van der Waals surface area contributed by atoms with Gasteiger partial charge in [0.25, 0.3) is 0 Å². The van der Waals surface area contributed by atoms with Gasteiger partial charge in [0.15, 0.2) is 5.82 Å². The third kappa shape index (κ3) is 3.47. The molecule has 20 heavy (non-hydrogen) atoms. The summed E-state index contributed by atoms with van der Waals surface area (Å²) in [5.74, 6) is 1.71. The van der Waals surface area contributed by atoms with Crippen LogP contribution < -0.4 is 10.1 Å². The molecule has 2 amide bonds. The molecule has 7 nitrogen and oxygen atoms in total. The number of ether oxygens (including phenoxy) is 1. The number of aromatic nitrogens is 2. The van der Waals surface area contributed by atoms with Crippen molar-refractivity contribution in [3.63, 3.8) is 0 Å². The van der Waals surface area contributed by atoms with E-state index in [0.29, 0.717) is 18.2 Å². The van der Waals surface area contributed by atoms with Crippen LogP contribution in [-0.2, 0) is 13.0 Å².